The van der Waals surface area contributed by atoms with Gasteiger partial charge in [-0.2, -0.15) is 0 Å². The molecule has 0 heterocycles. The molecule has 0 N–H and O–H groups in total. The zero-order chi connectivity index (χ0) is 17.0. The quantitative estimate of drug-likeness (QED) is 0.423. The summed E-state index contributed by atoms with van der Waals surface area (Å²) in [4.78, 5) is 10.1. The molecule has 8 heteroatoms. The van der Waals surface area contributed by atoms with Crippen molar-refractivity contribution in [1.29, 1.82) is 0 Å². The number of rotatable bonds is 6. The average molecular weight is 397 g/mol. The van der Waals surface area contributed by atoms with Crippen LogP contribution in [0.15, 0.2) is 70.6 Å². The van der Waals surface area contributed by atoms with Crippen LogP contribution in [0.5, 0.6) is 0 Å². The van der Waals surface area contributed by atoms with Crippen LogP contribution in [0.25, 0.3) is 0 Å². The van der Waals surface area contributed by atoms with Crippen molar-refractivity contribution in [2.75, 3.05) is 10.8 Å². The van der Waals surface area contributed by atoms with E-state index in [4.69, 9.17) is 0 Å². The first-order chi connectivity index (χ1) is 10.9. The molecule has 0 unspecified atom stereocenters. The average Bonchev–Trinajstić information content (AvgIpc) is 2.52. The smallest absolute Gasteiger partial charge is 0.262 e. The van der Waals surface area contributed by atoms with Gasteiger partial charge < -0.3 is 0 Å². The van der Waals surface area contributed by atoms with Crippen LogP contribution >= 0.6 is 15.9 Å². The van der Waals surface area contributed by atoms with E-state index in [1.165, 1.54) is 34.6 Å². The second-order valence-corrected chi connectivity index (χ2v) is 7.33. The number of halogens is 1. The summed E-state index contributed by atoms with van der Waals surface area (Å²) in [5, 5.41) is 10.7. The Morgan fingerprint density at radius 3 is 2.39 bits per heavy atom. The molecule has 0 amide bonds. The van der Waals surface area contributed by atoms with E-state index in [1.54, 1.807) is 24.3 Å². The number of non-ortho nitro benzene ring substituents is 1. The lowest BCUT2D eigenvalue weighted by Crippen LogP contribution is -2.31. The van der Waals surface area contributed by atoms with E-state index in [2.05, 4.69) is 22.5 Å². The summed E-state index contributed by atoms with van der Waals surface area (Å²) in [5.41, 5.74) is 0.305. The van der Waals surface area contributed by atoms with Gasteiger partial charge in [0, 0.05) is 16.6 Å². The Balaban J connectivity index is 2.48. The van der Waals surface area contributed by atoms with Crippen molar-refractivity contribution in [2.45, 2.75) is 4.90 Å². The number of benzene rings is 2. The van der Waals surface area contributed by atoms with Crippen LogP contribution < -0.4 is 4.31 Å². The molecule has 6 nitrogen and oxygen atoms in total. The van der Waals surface area contributed by atoms with E-state index in [1.807, 2.05) is 0 Å². The van der Waals surface area contributed by atoms with Gasteiger partial charge in [-0.15, -0.1) is 6.58 Å². The van der Waals surface area contributed by atoms with Crippen LogP contribution in [-0.2, 0) is 10.0 Å². The molecule has 120 valence electrons. The first-order valence-electron chi connectivity index (χ1n) is 6.50. The predicted molar refractivity (Wildman–Crippen MR) is 92.0 cm³/mol. The van der Waals surface area contributed by atoms with Gasteiger partial charge >= 0.3 is 0 Å². The third-order valence-corrected chi connectivity index (χ3v) is 5.33. The summed E-state index contributed by atoms with van der Waals surface area (Å²) in [6, 6.07) is 11.6. The van der Waals surface area contributed by atoms with Gasteiger partial charge in [0.15, 0.2) is 0 Å². The highest BCUT2D eigenvalue weighted by molar-refractivity contribution is 9.10. The molecule has 0 spiro atoms. The van der Waals surface area contributed by atoms with Crippen molar-refractivity contribution in [1.82, 2.24) is 0 Å². The molecule has 0 fully saturated rings. The Morgan fingerprint density at radius 2 is 1.87 bits per heavy atom. The van der Waals surface area contributed by atoms with Crippen molar-refractivity contribution < 1.29 is 13.3 Å². The summed E-state index contributed by atoms with van der Waals surface area (Å²) in [6.45, 7) is 3.66. The van der Waals surface area contributed by atoms with Gasteiger partial charge in [-0.3, -0.25) is 14.4 Å². The largest absolute Gasteiger partial charge is 0.269 e. The number of nitrogens with zero attached hydrogens (tertiary/aromatic N) is 2. The van der Waals surface area contributed by atoms with E-state index < -0.39 is 14.9 Å². The number of anilines is 1. The number of nitro benzene ring substituents is 1. The van der Waals surface area contributed by atoms with Crippen molar-refractivity contribution in [3.05, 3.63) is 75.8 Å². The predicted octanol–water partition coefficient (Wildman–Crippen LogP) is 3.74. The van der Waals surface area contributed by atoms with E-state index in [9.17, 15) is 18.5 Å². The highest BCUT2D eigenvalue weighted by Gasteiger charge is 2.24. The van der Waals surface area contributed by atoms with Gasteiger partial charge in [0.2, 0.25) is 0 Å². The van der Waals surface area contributed by atoms with Gasteiger partial charge in [0.1, 0.15) is 0 Å². The van der Waals surface area contributed by atoms with Crippen LogP contribution in [0.1, 0.15) is 0 Å². The monoisotopic (exact) mass is 396 g/mol. The third-order valence-electron chi connectivity index (χ3n) is 3.03. The Kier molecular flexibility index (Phi) is 5.17. The van der Waals surface area contributed by atoms with Gasteiger partial charge in [0.05, 0.1) is 22.1 Å². The minimum Gasteiger partial charge on any atom is -0.262 e. The van der Waals surface area contributed by atoms with Gasteiger partial charge in [-0.1, -0.05) is 28.1 Å². The molecule has 2 aromatic rings. The fraction of sp³-hybridized carbons (Fsp3) is 0.0667. The molecule has 0 atom stereocenters. The zero-order valence-corrected chi connectivity index (χ0v) is 14.3. The molecular formula is C15H13BrN2O4S. The minimum absolute atomic E-state index is 0.0232. The Morgan fingerprint density at radius 1 is 1.22 bits per heavy atom. The first kappa shape index (κ1) is 17.2. The maximum absolute atomic E-state index is 12.8. The second kappa shape index (κ2) is 6.93. The third kappa shape index (κ3) is 3.77. The summed E-state index contributed by atoms with van der Waals surface area (Å²) in [6.07, 6.45) is 1.48. The SMILES string of the molecule is C=CCN(c1cccc(Br)c1)S(=O)(=O)c1ccc([N+](=O)[O-])cc1. The molecule has 0 saturated carbocycles. The van der Waals surface area contributed by atoms with E-state index in [0.717, 1.165) is 4.47 Å². The molecule has 0 aromatic heterocycles. The van der Waals surface area contributed by atoms with Crippen LogP contribution in [-0.4, -0.2) is 19.9 Å². The van der Waals surface area contributed by atoms with E-state index >= 15 is 0 Å². The molecule has 23 heavy (non-hydrogen) atoms. The Hall–Kier alpha value is -2.19. The molecule has 2 aromatic carbocycles. The summed E-state index contributed by atoms with van der Waals surface area (Å²) >= 11 is 3.31. The van der Waals surface area contributed by atoms with Crippen molar-refractivity contribution >= 4 is 37.3 Å². The lowest BCUT2D eigenvalue weighted by Gasteiger charge is -2.23. The summed E-state index contributed by atoms with van der Waals surface area (Å²) < 4.78 is 27.5. The second-order valence-electron chi connectivity index (χ2n) is 4.56. The Bertz CT molecular complexity index is 835. The lowest BCUT2D eigenvalue weighted by molar-refractivity contribution is -0.384. The molecule has 0 saturated heterocycles. The van der Waals surface area contributed by atoms with Crippen LogP contribution in [0, 0.1) is 10.1 Å². The maximum atomic E-state index is 12.8. The number of nitro groups is 1. The fourth-order valence-corrected chi connectivity index (χ4v) is 3.77. The molecule has 0 aliphatic rings. The Labute approximate surface area is 142 Å². The molecule has 0 aliphatic heterocycles. The number of hydrogen-bond acceptors (Lipinski definition) is 4. The van der Waals surface area contributed by atoms with Gasteiger partial charge in [-0.25, -0.2) is 8.42 Å². The van der Waals surface area contributed by atoms with Gasteiger partial charge in [0.25, 0.3) is 15.7 Å². The van der Waals surface area contributed by atoms with Gasteiger partial charge in [-0.05, 0) is 30.3 Å². The summed E-state index contributed by atoms with van der Waals surface area (Å²) in [7, 11) is -3.86. The van der Waals surface area contributed by atoms with E-state index in [0.29, 0.717) is 5.69 Å². The maximum Gasteiger partial charge on any atom is 0.269 e. The minimum atomic E-state index is -3.86. The molecule has 2 rings (SSSR count). The van der Waals surface area contributed by atoms with Crippen LogP contribution in [0.2, 0.25) is 0 Å². The normalized spacial score (nSPS) is 11.0. The highest BCUT2D eigenvalue weighted by Crippen LogP contribution is 2.27. The highest BCUT2D eigenvalue weighted by atomic mass is 79.9. The first-order valence-corrected chi connectivity index (χ1v) is 8.73. The lowest BCUT2D eigenvalue weighted by atomic mass is 10.3. The van der Waals surface area contributed by atoms with E-state index in [-0.39, 0.29) is 17.1 Å². The summed E-state index contributed by atoms with van der Waals surface area (Å²) in [5.74, 6) is 0. The topological polar surface area (TPSA) is 80.5 Å². The molecule has 0 radical (unpaired) electrons. The zero-order valence-electron chi connectivity index (χ0n) is 11.9. The number of hydrogen-bond donors (Lipinski definition) is 0. The fourth-order valence-electron chi connectivity index (χ4n) is 1.96. The van der Waals surface area contributed by atoms with Crippen molar-refractivity contribution in [3.8, 4) is 0 Å². The molecule has 0 aliphatic carbocycles. The van der Waals surface area contributed by atoms with Crippen molar-refractivity contribution in [2.24, 2.45) is 0 Å². The molecule has 0 bridgehead atoms. The van der Waals surface area contributed by atoms with Crippen molar-refractivity contribution in [3.63, 3.8) is 0 Å². The van der Waals surface area contributed by atoms with Crippen LogP contribution in [0.4, 0.5) is 11.4 Å². The number of sulfonamides is 1. The molecular weight excluding hydrogens is 384 g/mol. The van der Waals surface area contributed by atoms with Crippen LogP contribution in [0.3, 0.4) is 0 Å². The standard InChI is InChI=1S/C15H13BrN2O4S/c1-2-10-17(14-5-3-4-12(16)11-14)23(21,22)15-8-6-13(7-9-15)18(19)20/h2-9,11H,1,10H2.